The molecule has 0 fully saturated rings. The maximum atomic E-state index is 3.00. The lowest BCUT2D eigenvalue weighted by atomic mass is 10.2. The van der Waals surface area contributed by atoms with Crippen LogP contribution in [0.25, 0.3) is 0 Å². The monoisotopic (exact) mass is 188 g/mol. The lowest BCUT2D eigenvalue weighted by Gasteiger charge is -1.90. The summed E-state index contributed by atoms with van der Waals surface area (Å²) in [6.45, 7) is 23.1. The molecule has 0 N–H and O–H groups in total. The minimum atomic E-state index is 0.833. The van der Waals surface area contributed by atoms with Crippen molar-refractivity contribution in [2.75, 3.05) is 0 Å². The van der Waals surface area contributed by atoms with Crippen LogP contribution in [-0.4, -0.2) is 0 Å². The summed E-state index contributed by atoms with van der Waals surface area (Å²) >= 11 is 0. The van der Waals surface area contributed by atoms with E-state index < -0.39 is 0 Å². The molecule has 0 aliphatic rings. The molecule has 0 radical (unpaired) electrons. The SMILES string of the molecule is C=C.CC.CC(C)C.CCC(C)C. The molecule has 0 aliphatic carbocycles. The molecule has 0 aromatic heterocycles. The standard InChI is InChI=1S/C5H12.C4H10.C2H6.C2H4/c1-4-5(2)3;1-4(2)3;2*1-2/h5H,4H2,1-3H3;4H,1-3H3;1-2H3;1-2H2. The van der Waals surface area contributed by atoms with E-state index in [4.69, 9.17) is 0 Å². The van der Waals surface area contributed by atoms with Crippen molar-refractivity contribution in [1.29, 1.82) is 0 Å². The van der Waals surface area contributed by atoms with Gasteiger partial charge in [-0.15, -0.1) is 13.2 Å². The minimum Gasteiger partial charge on any atom is -0.106 e. The van der Waals surface area contributed by atoms with Gasteiger partial charge in [0.2, 0.25) is 0 Å². The van der Waals surface area contributed by atoms with Gasteiger partial charge in [-0.3, -0.25) is 0 Å². The van der Waals surface area contributed by atoms with E-state index in [2.05, 4.69) is 54.7 Å². The number of rotatable bonds is 1. The third kappa shape index (κ3) is 368. The van der Waals surface area contributed by atoms with Gasteiger partial charge >= 0.3 is 0 Å². The second kappa shape index (κ2) is 29.8. The van der Waals surface area contributed by atoms with E-state index in [1.807, 2.05) is 13.8 Å². The van der Waals surface area contributed by atoms with Crippen molar-refractivity contribution in [3.8, 4) is 0 Å². The zero-order valence-electron chi connectivity index (χ0n) is 11.3. The summed E-state index contributed by atoms with van der Waals surface area (Å²) in [5.74, 6) is 1.72. The molecule has 0 amide bonds. The molecule has 0 bridgehead atoms. The van der Waals surface area contributed by atoms with Crippen molar-refractivity contribution < 1.29 is 0 Å². The molecule has 0 saturated heterocycles. The van der Waals surface area contributed by atoms with Crippen LogP contribution in [0.15, 0.2) is 13.2 Å². The van der Waals surface area contributed by atoms with E-state index in [1.54, 1.807) is 0 Å². The van der Waals surface area contributed by atoms with Gasteiger partial charge in [0.1, 0.15) is 0 Å². The van der Waals surface area contributed by atoms with Crippen LogP contribution in [0, 0.1) is 11.8 Å². The Kier molecular flexibility index (Phi) is 52.7. The molecule has 0 heteroatoms. The summed E-state index contributed by atoms with van der Waals surface area (Å²) in [6.07, 6.45) is 1.31. The molecule has 0 rings (SSSR count). The predicted octanol–water partition coefficient (Wildman–Crippen LogP) is 5.54. The smallest absolute Gasteiger partial charge is 0.0474 e. The molecule has 0 aromatic rings. The maximum Gasteiger partial charge on any atom is -0.0474 e. The quantitative estimate of drug-likeness (QED) is 0.474. The lowest BCUT2D eigenvalue weighted by Crippen LogP contribution is -1.77. The van der Waals surface area contributed by atoms with Crippen molar-refractivity contribution in [2.24, 2.45) is 11.8 Å². The fourth-order valence-electron chi connectivity index (χ4n) is 0. The van der Waals surface area contributed by atoms with Gasteiger partial charge in [0, 0.05) is 0 Å². The Balaban J connectivity index is -0.0000000457. The molecular weight excluding hydrogens is 156 g/mol. The van der Waals surface area contributed by atoms with Crippen LogP contribution in [0.5, 0.6) is 0 Å². The molecule has 13 heavy (non-hydrogen) atoms. The van der Waals surface area contributed by atoms with E-state index in [9.17, 15) is 0 Å². The Morgan fingerprint density at radius 1 is 0.846 bits per heavy atom. The Bertz CT molecular complexity index is 41.2. The van der Waals surface area contributed by atoms with Gasteiger partial charge in [-0.05, 0) is 11.8 Å². The van der Waals surface area contributed by atoms with Crippen molar-refractivity contribution in [3.05, 3.63) is 13.2 Å². The average Bonchev–Trinajstić information content (AvgIpc) is 2.10. The zero-order valence-corrected chi connectivity index (χ0v) is 11.3. The van der Waals surface area contributed by atoms with Gasteiger partial charge in [-0.25, -0.2) is 0 Å². The molecule has 0 spiro atoms. The Morgan fingerprint density at radius 3 is 0.923 bits per heavy atom. The molecule has 0 nitrogen and oxygen atoms in total. The highest BCUT2D eigenvalue weighted by Crippen LogP contribution is 1.93. The normalized spacial score (nSPS) is 7.23. The first-order chi connectivity index (χ1) is 6.00. The van der Waals surface area contributed by atoms with Crippen molar-refractivity contribution in [1.82, 2.24) is 0 Å². The summed E-state index contributed by atoms with van der Waals surface area (Å²) in [5.41, 5.74) is 0. The van der Waals surface area contributed by atoms with Crippen LogP contribution < -0.4 is 0 Å². The van der Waals surface area contributed by atoms with Crippen LogP contribution in [0.4, 0.5) is 0 Å². The van der Waals surface area contributed by atoms with Gasteiger partial charge in [0.15, 0.2) is 0 Å². The summed E-state index contributed by atoms with van der Waals surface area (Å²) in [7, 11) is 0. The minimum absolute atomic E-state index is 0.833. The van der Waals surface area contributed by atoms with Gasteiger partial charge in [0.25, 0.3) is 0 Å². The zero-order chi connectivity index (χ0) is 11.9. The van der Waals surface area contributed by atoms with Crippen molar-refractivity contribution >= 4 is 0 Å². The molecule has 0 aliphatic heterocycles. The van der Waals surface area contributed by atoms with Crippen LogP contribution in [0.1, 0.15) is 61.8 Å². The third-order valence-electron chi connectivity index (χ3n) is 0.816. The summed E-state index contributed by atoms with van der Waals surface area (Å²) < 4.78 is 0. The fraction of sp³-hybridized carbons (Fsp3) is 0.846. The van der Waals surface area contributed by atoms with E-state index in [0.717, 1.165) is 11.8 Å². The maximum absolute atomic E-state index is 3.00. The Labute approximate surface area is 87.4 Å². The molecule has 0 saturated carbocycles. The average molecular weight is 188 g/mol. The topological polar surface area (TPSA) is 0 Å². The van der Waals surface area contributed by atoms with Gasteiger partial charge in [0.05, 0.1) is 0 Å². The number of hydrogen-bond acceptors (Lipinski definition) is 0. The lowest BCUT2D eigenvalue weighted by molar-refractivity contribution is 0.626. The van der Waals surface area contributed by atoms with E-state index in [0.29, 0.717) is 0 Å². The fourth-order valence-corrected chi connectivity index (χ4v) is 0. The first kappa shape index (κ1) is 23.0. The summed E-state index contributed by atoms with van der Waals surface area (Å²) in [4.78, 5) is 0. The highest BCUT2D eigenvalue weighted by Gasteiger charge is 1.80. The highest BCUT2D eigenvalue weighted by molar-refractivity contribution is 4.32. The Morgan fingerprint density at radius 2 is 0.923 bits per heavy atom. The van der Waals surface area contributed by atoms with E-state index in [-0.39, 0.29) is 0 Å². The van der Waals surface area contributed by atoms with E-state index >= 15 is 0 Å². The van der Waals surface area contributed by atoms with Crippen LogP contribution >= 0.6 is 0 Å². The molecular formula is C13H32. The van der Waals surface area contributed by atoms with Gasteiger partial charge in [-0.1, -0.05) is 61.8 Å². The third-order valence-corrected chi connectivity index (χ3v) is 0.816. The largest absolute Gasteiger partial charge is 0.106 e. The van der Waals surface area contributed by atoms with Crippen LogP contribution in [0.3, 0.4) is 0 Å². The van der Waals surface area contributed by atoms with Crippen molar-refractivity contribution in [2.45, 2.75) is 61.8 Å². The second-order valence-corrected chi connectivity index (χ2v) is 3.53. The number of hydrogen-bond donors (Lipinski definition) is 0. The molecule has 0 unspecified atom stereocenters. The molecule has 84 valence electrons. The molecule has 0 heterocycles. The first-order valence-electron chi connectivity index (χ1n) is 5.50. The summed E-state index contributed by atoms with van der Waals surface area (Å²) in [6, 6.07) is 0. The van der Waals surface area contributed by atoms with Crippen LogP contribution in [-0.2, 0) is 0 Å². The predicted molar refractivity (Wildman–Crippen MR) is 68.2 cm³/mol. The van der Waals surface area contributed by atoms with Gasteiger partial charge < -0.3 is 0 Å². The molecule has 0 aromatic carbocycles. The molecule has 0 atom stereocenters. The Hall–Kier alpha value is -0.260. The summed E-state index contributed by atoms with van der Waals surface area (Å²) in [5, 5.41) is 0. The van der Waals surface area contributed by atoms with Crippen molar-refractivity contribution in [3.63, 3.8) is 0 Å². The van der Waals surface area contributed by atoms with Gasteiger partial charge in [-0.2, -0.15) is 0 Å². The second-order valence-electron chi connectivity index (χ2n) is 3.53. The van der Waals surface area contributed by atoms with E-state index in [1.165, 1.54) is 6.42 Å². The van der Waals surface area contributed by atoms with Crippen LogP contribution in [0.2, 0.25) is 0 Å². The highest BCUT2D eigenvalue weighted by atomic mass is 13.9. The first-order valence-corrected chi connectivity index (χ1v) is 5.50.